The van der Waals surface area contributed by atoms with E-state index in [9.17, 15) is 13.2 Å². The van der Waals surface area contributed by atoms with Gasteiger partial charge in [0.15, 0.2) is 0 Å². The molecule has 0 aliphatic rings. The maximum absolute atomic E-state index is 12.9. The van der Waals surface area contributed by atoms with Crippen molar-refractivity contribution in [1.29, 1.82) is 0 Å². The second-order valence-corrected chi connectivity index (χ2v) is 10.4. The molecule has 1 N–H and O–H groups in total. The minimum absolute atomic E-state index is 0.0898. The quantitative estimate of drug-likeness (QED) is 0.504. The number of amides is 1. The van der Waals surface area contributed by atoms with Crippen LogP contribution in [0.4, 0.5) is 5.69 Å². The number of benzene rings is 3. The Hall–Kier alpha value is -3.12. The number of anilines is 1. The molecule has 0 unspecified atom stereocenters. The van der Waals surface area contributed by atoms with Crippen LogP contribution in [-0.4, -0.2) is 21.4 Å². The first-order valence-electron chi connectivity index (χ1n) is 10.7. The number of nitrogens with one attached hydrogen (secondary N) is 1. The molecular formula is C26H30N2O3S. The molecule has 168 valence electrons. The molecule has 0 aliphatic carbocycles. The van der Waals surface area contributed by atoms with Gasteiger partial charge in [0.2, 0.25) is 0 Å². The fourth-order valence-corrected chi connectivity index (χ4v) is 4.70. The maximum Gasteiger partial charge on any atom is 0.264 e. The number of carbonyl (C=O) groups excluding carboxylic acids is 1. The van der Waals surface area contributed by atoms with Gasteiger partial charge in [-0.15, -0.1) is 0 Å². The van der Waals surface area contributed by atoms with E-state index in [4.69, 9.17) is 0 Å². The summed E-state index contributed by atoms with van der Waals surface area (Å²) in [5.41, 5.74) is 3.03. The zero-order valence-electron chi connectivity index (χ0n) is 18.9. The second kappa shape index (κ2) is 10.0. The van der Waals surface area contributed by atoms with Gasteiger partial charge >= 0.3 is 0 Å². The van der Waals surface area contributed by atoms with E-state index in [1.807, 2.05) is 37.3 Å². The van der Waals surface area contributed by atoms with E-state index in [0.717, 1.165) is 17.5 Å². The summed E-state index contributed by atoms with van der Waals surface area (Å²) in [6.07, 6.45) is 0.825. The van der Waals surface area contributed by atoms with Crippen LogP contribution in [-0.2, 0) is 10.0 Å². The predicted molar refractivity (Wildman–Crippen MR) is 129 cm³/mol. The van der Waals surface area contributed by atoms with Gasteiger partial charge in [0.05, 0.1) is 16.6 Å². The van der Waals surface area contributed by atoms with Gasteiger partial charge in [0.1, 0.15) is 0 Å². The van der Waals surface area contributed by atoms with Crippen LogP contribution < -0.4 is 9.62 Å². The SMILES string of the molecule is Cc1ccc(S(=O)(=O)N(C)c2ccc(C(=O)N[C@H](CC(C)C)c3ccccc3)cc2)cc1. The lowest BCUT2D eigenvalue weighted by molar-refractivity contribution is 0.0932. The number of sulfonamides is 1. The van der Waals surface area contributed by atoms with Gasteiger partial charge in [-0.1, -0.05) is 61.9 Å². The summed E-state index contributed by atoms with van der Waals surface area (Å²) < 4.78 is 27.1. The summed E-state index contributed by atoms with van der Waals surface area (Å²) in [4.78, 5) is 13.1. The third-order valence-corrected chi connectivity index (χ3v) is 7.19. The number of aryl methyl sites for hydroxylation is 1. The summed E-state index contributed by atoms with van der Waals surface area (Å²) in [6.45, 7) is 6.16. The molecule has 0 heterocycles. The summed E-state index contributed by atoms with van der Waals surface area (Å²) >= 11 is 0. The maximum atomic E-state index is 12.9. The van der Waals surface area contributed by atoms with Crippen molar-refractivity contribution >= 4 is 21.6 Å². The fourth-order valence-electron chi connectivity index (χ4n) is 3.51. The van der Waals surface area contributed by atoms with E-state index < -0.39 is 10.0 Å². The first kappa shape index (κ1) is 23.5. The Kier molecular flexibility index (Phi) is 7.36. The van der Waals surface area contributed by atoms with Gasteiger partial charge in [-0.05, 0) is 61.2 Å². The van der Waals surface area contributed by atoms with Crippen LogP contribution in [0.2, 0.25) is 0 Å². The molecule has 0 bridgehead atoms. The molecule has 0 saturated heterocycles. The highest BCUT2D eigenvalue weighted by Gasteiger charge is 2.22. The smallest absolute Gasteiger partial charge is 0.264 e. The molecule has 0 aliphatic heterocycles. The number of rotatable bonds is 8. The van der Waals surface area contributed by atoms with E-state index in [1.165, 1.54) is 11.4 Å². The van der Waals surface area contributed by atoms with Crippen molar-refractivity contribution < 1.29 is 13.2 Å². The van der Waals surface area contributed by atoms with Crippen molar-refractivity contribution in [3.63, 3.8) is 0 Å². The minimum atomic E-state index is -3.68. The summed E-state index contributed by atoms with van der Waals surface area (Å²) in [5.74, 6) is 0.235. The number of hydrogen-bond donors (Lipinski definition) is 1. The average molecular weight is 451 g/mol. The van der Waals surface area contributed by atoms with Crippen LogP contribution in [0.25, 0.3) is 0 Å². The summed E-state index contributed by atoms with van der Waals surface area (Å²) in [5, 5.41) is 3.12. The lowest BCUT2D eigenvalue weighted by atomic mass is 9.96. The molecule has 32 heavy (non-hydrogen) atoms. The van der Waals surface area contributed by atoms with Gasteiger partial charge in [0.25, 0.3) is 15.9 Å². The molecule has 3 rings (SSSR count). The lowest BCUT2D eigenvalue weighted by Gasteiger charge is -2.22. The van der Waals surface area contributed by atoms with Crippen molar-refractivity contribution in [3.05, 3.63) is 95.6 Å². The van der Waals surface area contributed by atoms with Gasteiger partial charge < -0.3 is 5.32 Å². The van der Waals surface area contributed by atoms with E-state index in [-0.39, 0.29) is 16.8 Å². The first-order valence-corrected chi connectivity index (χ1v) is 12.1. The number of hydrogen-bond acceptors (Lipinski definition) is 3. The Bertz CT molecular complexity index is 1140. The Morgan fingerprint density at radius 3 is 2.06 bits per heavy atom. The zero-order valence-corrected chi connectivity index (χ0v) is 19.8. The van der Waals surface area contributed by atoms with Crippen LogP contribution >= 0.6 is 0 Å². The third kappa shape index (κ3) is 5.56. The molecular weight excluding hydrogens is 420 g/mol. The molecule has 0 saturated carbocycles. The first-order chi connectivity index (χ1) is 15.2. The number of carbonyl (C=O) groups is 1. The summed E-state index contributed by atoms with van der Waals surface area (Å²) in [7, 11) is -2.17. The van der Waals surface area contributed by atoms with E-state index in [1.54, 1.807) is 48.5 Å². The highest BCUT2D eigenvalue weighted by Crippen LogP contribution is 2.24. The normalized spacial score (nSPS) is 12.4. The molecule has 0 radical (unpaired) electrons. The Morgan fingerprint density at radius 2 is 1.50 bits per heavy atom. The monoisotopic (exact) mass is 450 g/mol. The average Bonchev–Trinajstić information content (AvgIpc) is 2.78. The topological polar surface area (TPSA) is 66.5 Å². The third-order valence-electron chi connectivity index (χ3n) is 5.39. The molecule has 1 atom stereocenters. The molecule has 3 aromatic rings. The number of nitrogens with zero attached hydrogens (tertiary/aromatic N) is 1. The van der Waals surface area contributed by atoms with Crippen LogP contribution in [0.5, 0.6) is 0 Å². The van der Waals surface area contributed by atoms with Crippen LogP contribution in [0.1, 0.15) is 47.8 Å². The van der Waals surface area contributed by atoms with Gasteiger partial charge in [-0.2, -0.15) is 0 Å². The van der Waals surface area contributed by atoms with Crippen molar-refractivity contribution in [2.24, 2.45) is 5.92 Å². The van der Waals surface area contributed by atoms with Gasteiger partial charge in [0, 0.05) is 12.6 Å². The molecule has 0 aromatic heterocycles. The van der Waals surface area contributed by atoms with E-state index >= 15 is 0 Å². The largest absolute Gasteiger partial charge is 0.345 e. The van der Waals surface area contributed by atoms with E-state index in [0.29, 0.717) is 17.2 Å². The Morgan fingerprint density at radius 1 is 0.906 bits per heavy atom. The standard InChI is InChI=1S/C26H30N2O3S/c1-19(2)18-25(21-8-6-5-7-9-21)27-26(29)22-12-14-23(15-13-22)28(4)32(30,31)24-16-10-20(3)11-17-24/h5-17,19,25H,18H2,1-4H3,(H,27,29)/t25-/m1/s1. The zero-order chi connectivity index (χ0) is 23.3. The predicted octanol–water partition coefficient (Wildman–Crippen LogP) is 5.34. The van der Waals surface area contributed by atoms with Crippen molar-refractivity contribution in [1.82, 2.24) is 5.32 Å². The molecule has 0 fully saturated rings. The second-order valence-electron chi connectivity index (χ2n) is 8.40. The summed E-state index contributed by atoms with van der Waals surface area (Å²) in [6, 6.07) is 23.2. The van der Waals surface area contributed by atoms with Crippen LogP contribution in [0.3, 0.4) is 0 Å². The molecule has 1 amide bonds. The molecule has 5 nitrogen and oxygen atoms in total. The van der Waals surface area contributed by atoms with Crippen molar-refractivity contribution in [2.75, 3.05) is 11.4 Å². The van der Waals surface area contributed by atoms with Gasteiger partial charge in [-0.3, -0.25) is 9.10 Å². The van der Waals surface area contributed by atoms with E-state index in [2.05, 4.69) is 19.2 Å². The lowest BCUT2D eigenvalue weighted by Crippen LogP contribution is -2.30. The van der Waals surface area contributed by atoms with Crippen molar-refractivity contribution in [3.8, 4) is 0 Å². The van der Waals surface area contributed by atoms with Crippen LogP contribution in [0, 0.1) is 12.8 Å². The molecule has 0 spiro atoms. The molecule has 6 heteroatoms. The van der Waals surface area contributed by atoms with Crippen molar-refractivity contribution in [2.45, 2.75) is 38.1 Å². The Balaban J connectivity index is 1.76. The Labute approximate surface area is 191 Å². The minimum Gasteiger partial charge on any atom is -0.345 e. The van der Waals surface area contributed by atoms with Gasteiger partial charge in [-0.25, -0.2) is 8.42 Å². The molecule has 3 aromatic carbocycles. The fraction of sp³-hybridized carbons (Fsp3) is 0.269. The highest BCUT2D eigenvalue weighted by atomic mass is 32.2. The van der Waals surface area contributed by atoms with Crippen LogP contribution in [0.15, 0.2) is 83.8 Å². The highest BCUT2D eigenvalue weighted by molar-refractivity contribution is 7.92.